The molecule has 0 bridgehead atoms. The van der Waals surface area contributed by atoms with Gasteiger partial charge in [-0.25, -0.2) is 4.98 Å². The smallest absolute Gasteiger partial charge is 0.181 e. The third-order valence-electron chi connectivity index (χ3n) is 4.70. The number of benzene rings is 2. The van der Waals surface area contributed by atoms with Crippen molar-refractivity contribution < 1.29 is 25.2 Å². The summed E-state index contributed by atoms with van der Waals surface area (Å²) >= 11 is 0. The number of aromatic nitrogens is 3. The van der Waals surface area contributed by atoms with E-state index in [0.29, 0.717) is 5.82 Å². The molecule has 3 aromatic rings. The molecule has 1 fully saturated rings. The van der Waals surface area contributed by atoms with Crippen LogP contribution in [0.15, 0.2) is 42.5 Å². The summed E-state index contributed by atoms with van der Waals surface area (Å²) in [5, 5.41) is 48.3. The first kappa shape index (κ1) is 17.1. The number of hydrogen-bond donors (Lipinski definition) is 5. The fourth-order valence-electron chi connectivity index (χ4n) is 3.27. The molecule has 1 aliphatic heterocycles. The van der Waals surface area contributed by atoms with Crippen molar-refractivity contribution in [2.75, 3.05) is 6.61 Å². The maximum atomic E-state index is 10.2. The van der Waals surface area contributed by atoms with Gasteiger partial charge in [0.05, 0.1) is 6.61 Å². The highest BCUT2D eigenvalue weighted by Crippen LogP contribution is 2.32. The van der Waals surface area contributed by atoms with Crippen molar-refractivity contribution in [1.82, 2.24) is 15.2 Å². The van der Waals surface area contributed by atoms with Crippen LogP contribution in [-0.2, 0) is 4.74 Å². The molecule has 5 N–H and O–H groups in total. The quantitative estimate of drug-likeness (QED) is 0.450. The molecule has 1 aliphatic rings. The monoisotopic (exact) mass is 357 g/mol. The molecule has 4 rings (SSSR count). The summed E-state index contributed by atoms with van der Waals surface area (Å²) in [5.74, 6) is 0.638. The minimum absolute atomic E-state index is 0.213. The fourth-order valence-corrected chi connectivity index (χ4v) is 3.27. The Morgan fingerprint density at radius 3 is 2.54 bits per heavy atom. The van der Waals surface area contributed by atoms with Crippen LogP contribution in [0.3, 0.4) is 0 Å². The van der Waals surface area contributed by atoms with E-state index in [9.17, 15) is 20.4 Å². The second-order valence-electron chi connectivity index (χ2n) is 6.32. The molecule has 1 aromatic heterocycles. The van der Waals surface area contributed by atoms with E-state index in [2.05, 4.69) is 15.2 Å². The van der Waals surface area contributed by atoms with Gasteiger partial charge >= 0.3 is 0 Å². The molecule has 26 heavy (non-hydrogen) atoms. The topological polar surface area (TPSA) is 132 Å². The molecule has 136 valence electrons. The maximum Gasteiger partial charge on any atom is 0.181 e. The van der Waals surface area contributed by atoms with Crippen LogP contribution in [0.2, 0.25) is 0 Å². The van der Waals surface area contributed by atoms with Crippen molar-refractivity contribution in [3.63, 3.8) is 0 Å². The molecule has 0 amide bonds. The number of hydrogen-bond acceptors (Lipinski definition) is 7. The number of nitrogens with zero attached hydrogens (tertiary/aromatic N) is 2. The van der Waals surface area contributed by atoms with Crippen molar-refractivity contribution in [2.24, 2.45) is 0 Å². The minimum Gasteiger partial charge on any atom is -0.394 e. The van der Waals surface area contributed by atoms with Crippen LogP contribution in [0.1, 0.15) is 11.9 Å². The molecule has 0 saturated carbocycles. The molecule has 8 nitrogen and oxygen atoms in total. The molecule has 5 atom stereocenters. The second kappa shape index (κ2) is 6.75. The lowest BCUT2D eigenvalue weighted by molar-refractivity contribution is -0.233. The average Bonchev–Trinajstić information content (AvgIpc) is 3.15. The molecule has 2 aromatic carbocycles. The van der Waals surface area contributed by atoms with Gasteiger partial charge in [0.15, 0.2) is 11.6 Å². The number of H-pyrrole nitrogens is 1. The molecular weight excluding hydrogens is 338 g/mol. The summed E-state index contributed by atoms with van der Waals surface area (Å²) in [6, 6.07) is 13.6. The summed E-state index contributed by atoms with van der Waals surface area (Å²) in [5.41, 5.74) is 0.815. The van der Waals surface area contributed by atoms with Gasteiger partial charge in [0, 0.05) is 5.56 Å². The lowest BCUT2D eigenvalue weighted by Gasteiger charge is -2.38. The maximum absolute atomic E-state index is 10.2. The third-order valence-corrected chi connectivity index (χ3v) is 4.70. The molecule has 1 saturated heterocycles. The van der Waals surface area contributed by atoms with E-state index < -0.39 is 37.1 Å². The SMILES string of the molecule is OC[C@H]1O[C@@H](c2nc(-c3cccc4ccccc34)n[nH]2)[C@H](O)[C@@H](O)[C@@H]1O. The van der Waals surface area contributed by atoms with Gasteiger partial charge in [0.25, 0.3) is 0 Å². The van der Waals surface area contributed by atoms with Crippen LogP contribution >= 0.6 is 0 Å². The Labute approximate surface area is 148 Å². The predicted octanol–water partition coefficient (Wildman–Crippen LogP) is 0.140. The van der Waals surface area contributed by atoms with E-state index in [1.807, 2.05) is 42.5 Å². The molecule has 0 aliphatic carbocycles. The van der Waals surface area contributed by atoms with Crippen LogP contribution in [0.5, 0.6) is 0 Å². The van der Waals surface area contributed by atoms with Gasteiger partial charge in [-0.2, -0.15) is 5.10 Å². The zero-order valence-corrected chi connectivity index (χ0v) is 13.7. The Hall–Kier alpha value is -2.36. The van der Waals surface area contributed by atoms with Gasteiger partial charge in [-0.1, -0.05) is 42.5 Å². The fraction of sp³-hybridized carbons (Fsp3) is 0.333. The first-order valence-electron chi connectivity index (χ1n) is 8.31. The largest absolute Gasteiger partial charge is 0.394 e. The highest BCUT2D eigenvalue weighted by molar-refractivity contribution is 5.94. The average molecular weight is 357 g/mol. The zero-order chi connectivity index (χ0) is 18.3. The first-order chi connectivity index (χ1) is 12.6. The zero-order valence-electron chi connectivity index (χ0n) is 13.7. The number of aliphatic hydroxyl groups excluding tert-OH is 4. The first-order valence-corrected chi connectivity index (χ1v) is 8.31. The number of aromatic amines is 1. The Morgan fingerprint density at radius 2 is 1.73 bits per heavy atom. The molecular formula is C18H19N3O5. The Morgan fingerprint density at radius 1 is 0.962 bits per heavy atom. The molecule has 0 spiro atoms. The number of aliphatic hydroxyl groups is 4. The third kappa shape index (κ3) is 2.77. The van der Waals surface area contributed by atoms with Gasteiger partial charge in [-0.15, -0.1) is 0 Å². The van der Waals surface area contributed by atoms with E-state index in [0.717, 1.165) is 16.3 Å². The van der Waals surface area contributed by atoms with Crippen molar-refractivity contribution in [1.29, 1.82) is 0 Å². The number of fused-ring (bicyclic) bond motifs is 1. The van der Waals surface area contributed by atoms with Gasteiger partial charge in [-0.3, -0.25) is 5.10 Å². The van der Waals surface area contributed by atoms with Gasteiger partial charge < -0.3 is 25.2 Å². The molecule has 0 radical (unpaired) electrons. The van der Waals surface area contributed by atoms with Crippen molar-refractivity contribution in [3.8, 4) is 11.4 Å². The predicted molar refractivity (Wildman–Crippen MR) is 92.0 cm³/mol. The van der Waals surface area contributed by atoms with Gasteiger partial charge in [-0.05, 0) is 10.8 Å². The van der Waals surface area contributed by atoms with Crippen LogP contribution in [0.4, 0.5) is 0 Å². The lowest BCUT2D eigenvalue weighted by atomic mass is 9.95. The van der Waals surface area contributed by atoms with E-state index in [-0.39, 0.29) is 5.82 Å². The van der Waals surface area contributed by atoms with Crippen LogP contribution < -0.4 is 0 Å². The summed E-state index contributed by atoms with van der Waals surface area (Å²) < 4.78 is 5.51. The Kier molecular flexibility index (Phi) is 4.43. The highest BCUT2D eigenvalue weighted by atomic mass is 16.5. The summed E-state index contributed by atoms with van der Waals surface area (Å²) in [4.78, 5) is 4.41. The van der Waals surface area contributed by atoms with E-state index in [1.165, 1.54) is 0 Å². The van der Waals surface area contributed by atoms with Crippen molar-refractivity contribution >= 4 is 10.8 Å². The second-order valence-corrected chi connectivity index (χ2v) is 6.32. The van der Waals surface area contributed by atoms with E-state index >= 15 is 0 Å². The van der Waals surface area contributed by atoms with E-state index in [4.69, 9.17) is 4.74 Å². The van der Waals surface area contributed by atoms with Gasteiger partial charge in [0.2, 0.25) is 0 Å². The van der Waals surface area contributed by atoms with Crippen molar-refractivity contribution in [2.45, 2.75) is 30.5 Å². The number of rotatable bonds is 3. The Bertz CT molecular complexity index is 907. The van der Waals surface area contributed by atoms with Gasteiger partial charge in [0.1, 0.15) is 30.5 Å². The van der Waals surface area contributed by atoms with Crippen molar-refractivity contribution in [3.05, 3.63) is 48.3 Å². The lowest BCUT2D eigenvalue weighted by Crippen LogP contribution is -2.55. The Balaban J connectivity index is 1.69. The molecule has 0 unspecified atom stereocenters. The summed E-state index contributed by atoms with van der Waals surface area (Å²) in [6.45, 7) is -0.494. The highest BCUT2D eigenvalue weighted by Gasteiger charge is 2.45. The summed E-state index contributed by atoms with van der Waals surface area (Å²) in [6.07, 6.45) is -6.31. The van der Waals surface area contributed by atoms with E-state index in [1.54, 1.807) is 0 Å². The van der Waals surface area contributed by atoms with Crippen LogP contribution in [0, 0.1) is 0 Å². The van der Waals surface area contributed by atoms with Crippen LogP contribution in [-0.4, -0.2) is 66.6 Å². The minimum atomic E-state index is -1.46. The number of ether oxygens (including phenoxy) is 1. The normalized spacial score (nSPS) is 29.2. The molecule has 8 heteroatoms. The summed E-state index contributed by atoms with van der Waals surface area (Å²) in [7, 11) is 0. The molecule has 2 heterocycles. The van der Waals surface area contributed by atoms with Crippen LogP contribution in [0.25, 0.3) is 22.2 Å². The number of nitrogens with one attached hydrogen (secondary N) is 1. The standard InChI is InChI=1S/C18H19N3O5/c22-8-12-13(23)14(24)15(25)16(26-12)18-19-17(20-21-18)11-7-3-5-9-4-1-2-6-10(9)11/h1-7,12-16,22-25H,8H2,(H,19,20,21)/t12-,13-,14+,15-,16-/m1/s1.